The molecule has 1 amide bonds. The molecule has 16 heavy (non-hydrogen) atoms. The van der Waals surface area contributed by atoms with Crippen molar-refractivity contribution in [3.8, 4) is 0 Å². The Morgan fingerprint density at radius 1 is 1.38 bits per heavy atom. The third-order valence-electron chi connectivity index (χ3n) is 3.58. The van der Waals surface area contributed by atoms with E-state index in [1.54, 1.807) is 0 Å². The van der Waals surface area contributed by atoms with Crippen molar-refractivity contribution in [2.45, 2.75) is 38.8 Å². The second-order valence-corrected chi connectivity index (χ2v) is 6.01. The number of carbonyl (C=O) groups is 1. The quantitative estimate of drug-likeness (QED) is 0.734. The monoisotopic (exact) mass is 225 g/mol. The molecule has 1 atom stereocenters. The van der Waals surface area contributed by atoms with E-state index in [1.807, 2.05) is 11.9 Å². The Morgan fingerprint density at radius 2 is 2.00 bits per heavy atom. The summed E-state index contributed by atoms with van der Waals surface area (Å²) in [5.41, 5.74) is 5.94. The predicted molar refractivity (Wildman–Crippen MR) is 64.0 cm³/mol. The summed E-state index contributed by atoms with van der Waals surface area (Å²) in [5.74, 6) is 0.194. The molecule has 4 nitrogen and oxygen atoms in total. The smallest absolute Gasteiger partial charge is 0.241 e. The first-order chi connectivity index (χ1) is 7.44. The highest BCUT2D eigenvalue weighted by atomic mass is 16.2. The number of likely N-dealkylation sites (N-methyl/N-ethyl adjacent to an activating group) is 1. The topological polar surface area (TPSA) is 49.6 Å². The van der Waals surface area contributed by atoms with Gasteiger partial charge in [-0.05, 0) is 18.3 Å². The molecule has 2 N–H and O–H groups in total. The van der Waals surface area contributed by atoms with Crippen molar-refractivity contribution in [3.05, 3.63) is 0 Å². The summed E-state index contributed by atoms with van der Waals surface area (Å²) in [6.07, 6.45) is 2.45. The third kappa shape index (κ3) is 2.23. The molecule has 0 bridgehead atoms. The van der Waals surface area contributed by atoms with E-state index in [4.69, 9.17) is 5.73 Å². The van der Waals surface area contributed by atoms with Crippen molar-refractivity contribution in [2.24, 2.45) is 11.1 Å². The molecule has 0 spiro atoms. The van der Waals surface area contributed by atoms with Gasteiger partial charge in [-0.2, -0.15) is 0 Å². The maximum atomic E-state index is 12.2. The van der Waals surface area contributed by atoms with Gasteiger partial charge in [0.25, 0.3) is 0 Å². The fraction of sp³-hybridized carbons (Fsp3) is 0.917. The molecule has 1 aliphatic heterocycles. The fourth-order valence-corrected chi connectivity index (χ4v) is 2.80. The summed E-state index contributed by atoms with van der Waals surface area (Å²) in [6.45, 7) is 6.70. The van der Waals surface area contributed by atoms with Crippen LogP contribution < -0.4 is 5.73 Å². The molecule has 0 aromatic rings. The molecule has 1 heterocycles. The first kappa shape index (κ1) is 11.9. The minimum atomic E-state index is -0.0979. The lowest BCUT2D eigenvalue weighted by Crippen LogP contribution is -2.50. The van der Waals surface area contributed by atoms with E-state index in [0.717, 1.165) is 13.1 Å². The fourth-order valence-electron chi connectivity index (χ4n) is 2.80. The van der Waals surface area contributed by atoms with Crippen LogP contribution in [-0.4, -0.2) is 54.5 Å². The number of amides is 1. The van der Waals surface area contributed by atoms with Gasteiger partial charge in [0.2, 0.25) is 5.91 Å². The lowest BCUT2D eigenvalue weighted by atomic mass is 9.92. The molecule has 1 aliphatic carbocycles. The molecule has 0 aromatic heterocycles. The van der Waals surface area contributed by atoms with E-state index in [0.29, 0.717) is 12.6 Å². The van der Waals surface area contributed by atoms with Gasteiger partial charge in [0, 0.05) is 32.7 Å². The maximum absolute atomic E-state index is 12.2. The standard InChI is InChI=1S/C12H23N3O/c1-12(2)7-14(3)11(16)10(6-13)15(8-12)9-4-5-9/h9-10H,4-8,13H2,1-3H3. The summed E-state index contributed by atoms with van der Waals surface area (Å²) >= 11 is 0. The lowest BCUT2D eigenvalue weighted by Gasteiger charge is -2.32. The van der Waals surface area contributed by atoms with Gasteiger partial charge in [0.1, 0.15) is 6.04 Å². The van der Waals surface area contributed by atoms with Gasteiger partial charge in [-0.1, -0.05) is 13.8 Å². The normalized spacial score (nSPS) is 31.6. The van der Waals surface area contributed by atoms with Crippen molar-refractivity contribution in [1.82, 2.24) is 9.80 Å². The molecule has 0 aromatic carbocycles. The zero-order valence-electron chi connectivity index (χ0n) is 10.6. The summed E-state index contributed by atoms with van der Waals surface area (Å²) in [6, 6.07) is 0.502. The van der Waals surface area contributed by atoms with E-state index in [9.17, 15) is 4.79 Å². The Morgan fingerprint density at radius 3 is 2.50 bits per heavy atom. The van der Waals surface area contributed by atoms with Gasteiger partial charge in [0.15, 0.2) is 0 Å². The molecule has 2 rings (SSSR count). The van der Waals surface area contributed by atoms with Gasteiger partial charge in [-0.3, -0.25) is 9.69 Å². The van der Waals surface area contributed by atoms with E-state index in [-0.39, 0.29) is 17.4 Å². The number of hydrogen-bond acceptors (Lipinski definition) is 3. The second kappa shape index (κ2) is 4.00. The molecular formula is C12H23N3O. The molecular weight excluding hydrogens is 202 g/mol. The first-order valence-corrected chi connectivity index (χ1v) is 6.15. The molecule has 2 aliphatic rings. The van der Waals surface area contributed by atoms with Crippen LogP contribution in [0.4, 0.5) is 0 Å². The highest BCUT2D eigenvalue weighted by Gasteiger charge is 2.43. The van der Waals surface area contributed by atoms with Crippen molar-refractivity contribution in [3.63, 3.8) is 0 Å². The molecule has 0 radical (unpaired) electrons. The molecule has 2 fully saturated rings. The van der Waals surface area contributed by atoms with Gasteiger partial charge >= 0.3 is 0 Å². The predicted octanol–water partition coefficient (Wildman–Crippen LogP) is 0.276. The third-order valence-corrected chi connectivity index (χ3v) is 3.58. The Bertz CT molecular complexity index is 286. The number of nitrogens with zero attached hydrogens (tertiary/aromatic N) is 2. The number of rotatable bonds is 2. The summed E-state index contributed by atoms with van der Waals surface area (Å²) in [7, 11) is 1.89. The summed E-state index contributed by atoms with van der Waals surface area (Å²) in [4.78, 5) is 16.4. The van der Waals surface area contributed by atoms with Crippen molar-refractivity contribution in [1.29, 1.82) is 0 Å². The first-order valence-electron chi connectivity index (χ1n) is 6.15. The molecule has 1 saturated carbocycles. The summed E-state index contributed by atoms with van der Waals surface area (Å²) in [5, 5.41) is 0. The largest absolute Gasteiger partial charge is 0.344 e. The Kier molecular flexibility index (Phi) is 2.97. The van der Waals surface area contributed by atoms with E-state index in [2.05, 4.69) is 18.7 Å². The van der Waals surface area contributed by atoms with Crippen LogP contribution in [0.25, 0.3) is 0 Å². The van der Waals surface area contributed by atoms with Crippen molar-refractivity contribution in [2.75, 3.05) is 26.7 Å². The summed E-state index contributed by atoms with van der Waals surface area (Å²) < 4.78 is 0. The minimum absolute atomic E-state index is 0.0979. The molecule has 1 unspecified atom stereocenters. The highest BCUT2D eigenvalue weighted by molar-refractivity contribution is 5.82. The average molecular weight is 225 g/mol. The zero-order valence-corrected chi connectivity index (χ0v) is 10.6. The van der Waals surface area contributed by atoms with Crippen LogP contribution in [-0.2, 0) is 4.79 Å². The Balaban J connectivity index is 2.23. The van der Waals surface area contributed by atoms with Crippen LogP contribution in [0.5, 0.6) is 0 Å². The Labute approximate surface area is 97.8 Å². The number of carbonyl (C=O) groups excluding carboxylic acids is 1. The molecule has 92 valence electrons. The van der Waals surface area contributed by atoms with E-state index in [1.165, 1.54) is 12.8 Å². The van der Waals surface area contributed by atoms with E-state index >= 15 is 0 Å². The zero-order chi connectivity index (χ0) is 11.9. The van der Waals surface area contributed by atoms with Crippen LogP contribution in [0.2, 0.25) is 0 Å². The van der Waals surface area contributed by atoms with Gasteiger partial charge < -0.3 is 10.6 Å². The van der Waals surface area contributed by atoms with Crippen LogP contribution >= 0.6 is 0 Å². The van der Waals surface area contributed by atoms with Gasteiger partial charge in [0.05, 0.1) is 0 Å². The van der Waals surface area contributed by atoms with Crippen molar-refractivity contribution >= 4 is 5.91 Å². The molecule has 4 heteroatoms. The van der Waals surface area contributed by atoms with Crippen LogP contribution in [0.15, 0.2) is 0 Å². The number of nitrogens with two attached hydrogens (primary N) is 1. The molecule has 1 saturated heterocycles. The lowest BCUT2D eigenvalue weighted by molar-refractivity contribution is -0.134. The average Bonchev–Trinajstić information content (AvgIpc) is 2.98. The van der Waals surface area contributed by atoms with Crippen LogP contribution in [0.1, 0.15) is 26.7 Å². The van der Waals surface area contributed by atoms with Crippen LogP contribution in [0.3, 0.4) is 0 Å². The highest BCUT2D eigenvalue weighted by Crippen LogP contribution is 2.34. The van der Waals surface area contributed by atoms with Crippen molar-refractivity contribution < 1.29 is 4.79 Å². The second-order valence-electron chi connectivity index (χ2n) is 6.01. The number of hydrogen-bond donors (Lipinski definition) is 1. The van der Waals surface area contributed by atoms with E-state index < -0.39 is 0 Å². The Hall–Kier alpha value is -0.610. The minimum Gasteiger partial charge on any atom is -0.344 e. The van der Waals surface area contributed by atoms with Crippen LogP contribution in [0, 0.1) is 5.41 Å². The maximum Gasteiger partial charge on any atom is 0.241 e. The van der Waals surface area contributed by atoms with Gasteiger partial charge in [-0.25, -0.2) is 0 Å². The van der Waals surface area contributed by atoms with Gasteiger partial charge in [-0.15, -0.1) is 0 Å². The SMILES string of the molecule is CN1CC(C)(C)CN(C2CC2)C(CN)C1=O.